The van der Waals surface area contributed by atoms with Crippen LogP contribution in [0.1, 0.15) is 18.1 Å². The third kappa shape index (κ3) is 3.93. The summed E-state index contributed by atoms with van der Waals surface area (Å²) in [5.41, 5.74) is 1.81. The number of esters is 1. The molecule has 0 saturated carbocycles. The Morgan fingerprint density at radius 1 is 1.41 bits per heavy atom. The van der Waals surface area contributed by atoms with Gasteiger partial charge in [-0.15, -0.1) is 6.42 Å². The molecule has 0 fully saturated rings. The van der Waals surface area contributed by atoms with Crippen LogP contribution in [0.3, 0.4) is 0 Å². The predicted octanol–water partition coefficient (Wildman–Crippen LogP) is 1.79. The molecule has 1 aromatic rings. The van der Waals surface area contributed by atoms with Crippen LogP contribution in [0, 0.1) is 12.3 Å². The van der Waals surface area contributed by atoms with Crippen molar-refractivity contribution in [2.75, 3.05) is 13.7 Å². The zero-order valence-electron chi connectivity index (χ0n) is 10.1. The number of methoxy groups -OCH3 is 1. The lowest BCUT2D eigenvalue weighted by molar-refractivity contribution is -0.154. The van der Waals surface area contributed by atoms with Crippen LogP contribution in [0.15, 0.2) is 24.3 Å². The summed E-state index contributed by atoms with van der Waals surface area (Å²) < 4.78 is 10.0. The number of rotatable bonds is 5. The average molecular weight is 232 g/mol. The Labute approximate surface area is 102 Å². The van der Waals surface area contributed by atoms with Crippen LogP contribution in [-0.2, 0) is 20.7 Å². The highest BCUT2D eigenvalue weighted by atomic mass is 16.6. The van der Waals surface area contributed by atoms with E-state index in [1.54, 1.807) is 6.92 Å². The maximum absolute atomic E-state index is 11.5. The van der Waals surface area contributed by atoms with Crippen molar-refractivity contribution in [2.45, 2.75) is 19.4 Å². The average Bonchev–Trinajstić information content (AvgIpc) is 2.37. The molecule has 90 valence electrons. The first-order valence-corrected chi connectivity index (χ1v) is 5.46. The molecule has 3 heteroatoms. The molecule has 3 nitrogen and oxygen atoms in total. The molecule has 0 amide bonds. The zero-order valence-corrected chi connectivity index (χ0v) is 10.1. The Hall–Kier alpha value is -1.79. The van der Waals surface area contributed by atoms with Crippen molar-refractivity contribution in [3.05, 3.63) is 35.4 Å². The van der Waals surface area contributed by atoms with Crippen LogP contribution in [0.4, 0.5) is 0 Å². The summed E-state index contributed by atoms with van der Waals surface area (Å²) >= 11 is 0. The van der Waals surface area contributed by atoms with E-state index < -0.39 is 6.10 Å². The van der Waals surface area contributed by atoms with E-state index >= 15 is 0 Å². The molecule has 0 radical (unpaired) electrons. The number of hydrogen-bond acceptors (Lipinski definition) is 3. The summed E-state index contributed by atoms with van der Waals surface area (Å²) in [5.74, 6) is 2.20. The highest BCUT2D eigenvalue weighted by Gasteiger charge is 2.19. The highest BCUT2D eigenvalue weighted by molar-refractivity contribution is 5.75. The Morgan fingerprint density at radius 3 is 2.53 bits per heavy atom. The fraction of sp³-hybridized carbons (Fsp3) is 0.357. The molecule has 0 aliphatic heterocycles. The van der Waals surface area contributed by atoms with Gasteiger partial charge in [-0.3, -0.25) is 0 Å². The van der Waals surface area contributed by atoms with Crippen molar-refractivity contribution < 1.29 is 14.3 Å². The third-order valence-electron chi connectivity index (χ3n) is 2.38. The van der Waals surface area contributed by atoms with Crippen LogP contribution < -0.4 is 0 Å². The normalized spacial score (nSPS) is 11.6. The zero-order chi connectivity index (χ0) is 12.7. The van der Waals surface area contributed by atoms with Gasteiger partial charge in [-0.25, -0.2) is 4.79 Å². The van der Waals surface area contributed by atoms with Gasteiger partial charge in [0.15, 0.2) is 6.10 Å². The van der Waals surface area contributed by atoms with Crippen molar-refractivity contribution in [1.82, 2.24) is 0 Å². The van der Waals surface area contributed by atoms with E-state index in [1.165, 1.54) is 7.11 Å². The lowest BCUT2D eigenvalue weighted by Gasteiger charge is -2.13. The van der Waals surface area contributed by atoms with Gasteiger partial charge in [-0.05, 0) is 24.6 Å². The van der Waals surface area contributed by atoms with E-state index in [1.807, 2.05) is 24.3 Å². The molecule has 1 unspecified atom stereocenters. The standard InChI is InChI=1S/C14H16O3/c1-4-11-6-8-12(9-7-11)10-13(16-3)14(15)17-5-2/h1,6-9,13H,5,10H2,2-3H3. The largest absolute Gasteiger partial charge is 0.464 e. The number of benzene rings is 1. The molecule has 1 rings (SSSR count). The van der Waals surface area contributed by atoms with E-state index in [4.69, 9.17) is 15.9 Å². The van der Waals surface area contributed by atoms with Crippen molar-refractivity contribution in [3.8, 4) is 12.3 Å². The van der Waals surface area contributed by atoms with Gasteiger partial charge in [0.25, 0.3) is 0 Å². The van der Waals surface area contributed by atoms with Gasteiger partial charge in [-0.1, -0.05) is 18.1 Å². The summed E-state index contributed by atoms with van der Waals surface area (Å²) in [7, 11) is 1.50. The molecule has 0 aliphatic rings. The SMILES string of the molecule is C#Cc1ccc(CC(OC)C(=O)OCC)cc1. The third-order valence-corrected chi connectivity index (χ3v) is 2.38. The first kappa shape index (κ1) is 13.3. The molecule has 0 spiro atoms. The molecule has 0 N–H and O–H groups in total. The van der Waals surface area contributed by atoms with E-state index in [0.29, 0.717) is 13.0 Å². The fourth-order valence-corrected chi connectivity index (χ4v) is 1.45. The lowest BCUT2D eigenvalue weighted by Crippen LogP contribution is -2.27. The smallest absolute Gasteiger partial charge is 0.335 e. The van der Waals surface area contributed by atoms with Gasteiger partial charge in [0, 0.05) is 19.1 Å². The van der Waals surface area contributed by atoms with Crippen LogP contribution in [0.25, 0.3) is 0 Å². The number of ether oxygens (including phenoxy) is 2. The maximum atomic E-state index is 11.5. The summed E-state index contributed by atoms with van der Waals surface area (Å²) in [6, 6.07) is 7.46. The second kappa shape index (κ2) is 6.72. The molecule has 0 aliphatic carbocycles. The molecular weight excluding hydrogens is 216 g/mol. The monoisotopic (exact) mass is 232 g/mol. The minimum atomic E-state index is -0.563. The fourth-order valence-electron chi connectivity index (χ4n) is 1.45. The second-order valence-corrected chi connectivity index (χ2v) is 3.52. The molecule has 17 heavy (non-hydrogen) atoms. The molecule has 0 aromatic heterocycles. The second-order valence-electron chi connectivity index (χ2n) is 3.52. The molecular formula is C14H16O3. The Bertz CT molecular complexity index is 400. The lowest BCUT2D eigenvalue weighted by atomic mass is 10.1. The van der Waals surface area contributed by atoms with Crippen molar-refractivity contribution in [2.24, 2.45) is 0 Å². The Kier molecular flexibility index (Phi) is 5.25. The predicted molar refractivity (Wildman–Crippen MR) is 65.5 cm³/mol. The van der Waals surface area contributed by atoms with Gasteiger partial charge >= 0.3 is 5.97 Å². The Balaban J connectivity index is 2.67. The first-order chi connectivity index (χ1) is 8.21. The first-order valence-electron chi connectivity index (χ1n) is 5.46. The van der Waals surface area contributed by atoms with Crippen LogP contribution in [0.5, 0.6) is 0 Å². The van der Waals surface area contributed by atoms with E-state index in [9.17, 15) is 4.79 Å². The maximum Gasteiger partial charge on any atom is 0.335 e. The summed E-state index contributed by atoms with van der Waals surface area (Å²) in [6.07, 6.45) is 5.19. The summed E-state index contributed by atoms with van der Waals surface area (Å²) in [6.45, 7) is 2.13. The van der Waals surface area contributed by atoms with Crippen LogP contribution >= 0.6 is 0 Å². The number of hydrogen-bond donors (Lipinski definition) is 0. The summed E-state index contributed by atoms with van der Waals surface area (Å²) in [4.78, 5) is 11.5. The van der Waals surface area contributed by atoms with Gasteiger partial charge < -0.3 is 9.47 Å². The van der Waals surface area contributed by atoms with Crippen molar-refractivity contribution >= 4 is 5.97 Å². The van der Waals surface area contributed by atoms with Crippen molar-refractivity contribution in [1.29, 1.82) is 0 Å². The quantitative estimate of drug-likeness (QED) is 0.573. The van der Waals surface area contributed by atoms with Crippen LogP contribution in [-0.4, -0.2) is 25.8 Å². The van der Waals surface area contributed by atoms with E-state index in [2.05, 4.69) is 5.92 Å². The summed E-state index contributed by atoms with van der Waals surface area (Å²) in [5, 5.41) is 0. The molecule has 1 atom stereocenters. The molecule has 0 saturated heterocycles. The minimum absolute atomic E-state index is 0.337. The van der Waals surface area contributed by atoms with Crippen molar-refractivity contribution in [3.63, 3.8) is 0 Å². The molecule has 1 aromatic carbocycles. The number of carbonyl (C=O) groups excluding carboxylic acids is 1. The Morgan fingerprint density at radius 2 is 2.06 bits per heavy atom. The van der Waals surface area contributed by atoms with Gasteiger partial charge in [0.1, 0.15) is 0 Å². The van der Waals surface area contributed by atoms with Gasteiger partial charge in [0.05, 0.1) is 6.61 Å². The highest BCUT2D eigenvalue weighted by Crippen LogP contribution is 2.09. The minimum Gasteiger partial charge on any atom is -0.464 e. The van der Waals surface area contributed by atoms with Gasteiger partial charge in [0.2, 0.25) is 0 Å². The topological polar surface area (TPSA) is 35.5 Å². The number of terminal acetylenes is 1. The van der Waals surface area contributed by atoms with Gasteiger partial charge in [-0.2, -0.15) is 0 Å². The molecule has 0 bridgehead atoms. The molecule has 0 heterocycles. The van der Waals surface area contributed by atoms with E-state index in [0.717, 1.165) is 11.1 Å². The van der Waals surface area contributed by atoms with E-state index in [-0.39, 0.29) is 5.97 Å². The number of carbonyl (C=O) groups is 1. The van der Waals surface area contributed by atoms with Crippen LogP contribution in [0.2, 0.25) is 0 Å².